The fourth-order valence-corrected chi connectivity index (χ4v) is 4.70. The first kappa shape index (κ1) is 18.6. The Labute approximate surface area is 133 Å². The lowest BCUT2D eigenvalue weighted by molar-refractivity contribution is 0.517. The predicted octanol–water partition coefficient (Wildman–Crippen LogP) is 3.35. The second-order valence-corrected chi connectivity index (χ2v) is 8.47. The Bertz CT molecular complexity index is 496. The van der Waals surface area contributed by atoms with E-state index in [2.05, 4.69) is 23.9 Å². The highest BCUT2D eigenvalue weighted by Crippen LogP contribution is 2.21. The smallest absolute Gasteiger partial charge is 0.241 e. The molecule has 0 amide bonds. The van der Waals surface area contributed by atoms with Gasteiger partial charge in [0.25, 0.3) is 0 Å². The normalized spacial score (nSPS) is 12.2. The summed E-state index contributed by atoms with van der Waals surface area (Å²) < 4.78 is 27.2. The maximum Gasteiger partial charge on any atom is 0.241 e. The maximum absolute atomic E-state index is 12.2. The minimum atomic E-state index is -3.36. The van der Waals surface area contributed by atoms with Gasteiger partial charge in [0.1, 0.15) is 0 Å². The summed E-state index contributed by atoms with van der Waals surface area (Å²) in [6.07, 6.45) is 5.67. The van der Waals surface area contributed by atoms with Crippen molar-refractivity contribution < 1.29 is 8.42 Å². The Balaban J connectivity index is 2.31. The molecular formula is C15H28N2O2S2. The lowest BCUT2D eigenvalue weighted by Gasteiger charge is -2.08. The van der Waals surface area contributed by atoms with Crippen molar-refractivity contribution in [3.63, 3.8) is 0 Å². The number of sulfonamides is 1. The zero-order valence-corrected chi connectivity index (χ0v) is 14.9. The largest absolute Gasteiger partial charge is 0.315 e. The molecule has 0 bridgehead atoms. The minimum absolute atomic E-state index is 0.418. The van der Waals surface area contributed by atoms with Gasteiger partial charge < -0.3 is 5.32 Å². The van der Waals surface area contributed by atoms with Crippen molar-refractivity contribution >= 4 is 21.4 Å². The fraction of sp³-hybridized carbons (Fsp3) is 0.733. The summed E-state index contributed by atoms with van der Waals surface area (Å²) in [4.78, 5) is 1.28. The first-order valence-electron chi connectivity index (χ1n) is 7.68. The van der Waals surface area contributed by atoms with Crippen LogP contribution in [0.2, 0.25) is 0 Å². The molecule has 0 radical (unpaired) electrons. The molecule has 0 spiro atoms. The van der Waals surface area contributed by atoms with Crippen molar-refractivity contribution in [1.29, 1.82) is 0 Å². The molecule has 0 saturated heterocycles. The van der Waals surface area contributed by atoms with Gasteiger partial charge in [-0.3, -0.25) is 0 Å². The molecule has 1 aromatic rings. The molecule has 0 atom stereocenters. The second-order valence-electron chi connectivity index (χ2n) is 5.73. The Morgan fingerprint density at radius 2 is 1.90 bits per heavy atom. The molecule has 0 aromatic carbocycles. The number of unbranched alkanes of at least 4 members (excludes halogenated alkanes) is 3. The van der Waals surface area contributed by atoms with Gasteiger partial charge >= 0.3 is 0 Å². The van der Waals surface area contributed by atoms with E-state index in [1.165, 1.54) is 30.6 Å². The van der Waals surface area contributed by atoms with Gasteiger partial charge in [0.2, 0.25) is 10.0 Å². The molecule has 0 aliphatic carbocycles. The van der Waals surface area contributed by atoms with E-state index in [0.717, 1.165) is 23.6 Å². The highest BCUT2D eigenvalue weighted by molar-refractivity contribution is 7.89. The number of rotatable bonds is 11. The van der Waals surface area contributed by atoms with Crippen molar-refractivity contribution in [1.82, 2.24) is 10.0 Å². The summed E-state index contributed by atoms with van der Waals surface area (Å²) in [5.74, 6) is 0.757. The van der Waals surface area contributed by atoms with E-state index in [1.807, 2.05) is 12.4 Å². The highest BCUT2D eigenvalue weighted by Gasteiger charge is 2.18. The molecule has 122 valence electrons. The second kappa shape index (κ2) is 9.56. The van der Waals surface area contributed by atoms with Crippen molar-refractivity contribution in [3.8, 4) is 0 Å². The van der Waals surface area contributed by atoms with Gasteiger partial charge in [0, 0.05) is 18.0 Å². The minimum Gasteiger partial charge on any atom is -0.315 e. The quantitative estimate of drug-likeness (QED) is 0.611. The Hall–Kier alpha value is -0.430. The van der Waals surface area contributed by atoms with Crippen LogP contribution in [0.3, 0.4) is 0 Å². The molecule has 1 heterocycles. The van der Waals surface area contributed by atoms with Crippen molar-refractivity contribution in [2.24, 2.45) is 5.92 Å². The van der Waals surface area contributed by atoms with E-state index in [-0.39, 0.29) is 0 Å². The number of hydrogen-bond acceptors (Lipinski definition) is 4. The van der Waals surface area contributed by atoms with Gasteiger partial charge in [0.15, 0.2) is 0 Å². The van der Waals surface area contributed by atoms with E-state index < -0.39 is 10.0 Å². The summed E-state index contributed by atoms with van der Waals surface area (Å²) in [6.45, 7) is 5.58. The summed E-state index contributed by atoms with van der Waals surface area (Å²) >= 11 is 1.47. The van der Waals surface area contributed by atoms with Crippen molar-refractivity contribution in [2.75, 3.05) is 13.6 Å². The Morgan fingerprint density at radius 1 is 1.19 bits per heavy atom. The summed E-state index contributed by atoms with van der Waals surface area (Å²) in [5.41, 5.74) is 0. The van der Waals surface area contributed by atoms with Gasteiger partial charge in [-0.05, 0) is 30.8 Å². The third-order valence-corrected chi connectivity index (χ3v) is 5.93. The number of thiophene rings is 1. The van der Waals surface area contributed by atoms with Gasteiger partial charge in [0.05, 0.1) is 4.90 Å². The zero-order valence-electron chi connectivity index (χ0n) is 13.3. The van der Waals surface area contributed by atoms with Crippen LogP contribution in [0.5, 0.6) is 0 Å². The van der Waals surface area contributed by atoms with E-state index in [9.17, 15) is 8.42 Å². The van der Waals surface area contributed by atoms with Crippen LogP contribution >= 0.6 is 11.3 Å². The number of hydrogen-bond donors (Lipinski definition) is 2. The molecule has 1 aromatic heterocycles. The van der Waals surface area contributed by atoms with Crippen LogP contribution in [-0.4, -0.2) is 22.0 Å². The van der Waals surface area contributed by atoms with Crippen LogP contribution in [0.15, 0.2) is 16.3 Å². The summed E-state index contributed by atoms with van der Waals surface area (Å²) in [5, 5.41) is 4.83. The molecule has 4 nitrogen and oxygen atoms in total. The van der Waals surface area contributed by atoms with Crippen LogP contribution in [0.1, 0.15) is 50.8 Å². The third-order valence-electron chi connectivity index (χ3n) is 3.33. The molecule has 6 heteroatoms. The van der Waals surface area contributed by atoms with Crippen LogP contribution < -0.4 is 10.0 Å². The standard InChI is InChI=1S/C15H28N2O2S2/c1-13(2)8-6-4-5-7-10-17-21(18,19)15-9-11-20-14(15)12-16-3/h9,11,13,16-17H,4-8,10,12H2,1-3H3. The van der Waals surface area contributed by atoms with E-state index in [4.69, 9.17) is 0 Å². The van der Waals surface area contributed by atoms with Crippen LogP contribution in [0.4, 0.5) is 0 Å². The van der Waals surface area contributed by atoms with Crippen LogP contribution in [0, 0.1) is 5.92 Å². The average Bonchev–Trinajstić information content (AvgIpc) is 2.87. The SMILES string of the molecule is CNCc1sccc1S(=O)(=O)NCCCCCCC(C)C. The lowest BCUT2D eigenvalue weighted by atomic mass is 10.0. The Morgan fingerprint density at radius 3 is 2.57 bits per heavy atom. The van der Waals surface area contributed by atoms with Gasteiger partial charge in [-0.2, -0.15) is 0 Å². The Kier molecular flexibility index (Phi) is 8.48. The molecular weight excluding hydrogens is 304 g/mol. The first-order chi connectivity index (χ1) is 9.97. The summed E-state index contributed by atoms with van der Waals surface area (Å²) in [7, 11) is -1.54. The third kappa shape index (κ3) is 6.91. The van der Waals surface area contributed by atoms with Gasteiger partial charge in [-0.25, -0.2) is 13.1 Å². The average molecular weight is 333 g/mol. The van der Waals surface area contributed by atoms with Gasteiger partial charge in [-0.1, -0.05) is 39.5 Å². The monoisotopic (exact) mass is 332 g/mol. The van der Waals surface area contributed by atoms with E-state index in [1.54, 1.807) is 6.07 Å². The molecule has 0 unspecified atom stereocenters. The number of nitrogens with one attached hydrogen (secondary N) is 2. The topological polar surface area (TPSA) is 58.2 Å². The van der Waals surface area contributed by atoms with Crippen LogP contribution in [-0.2, 0) is 16.6 Å². The zero-order chi connectivity index (χ0) is 15.7. The molecule has 21 heavy (non-hydrogen) atoms. The maximum atomic E-state index is 12.2. The fourth-order valence-electron chi connectivity index (χ4n) is 2.17. The summed E-state index contributed by atoms with van der Waals surface area (Å²) in [6, 6.07) is 1.68. The van der Waals surface area contributed by atoms with Crippen LogP contribution in [0.25, 0.3) is 0 Å². The lowest BCUT2D eigenvalue weighted by Crippen LogP contribution is -2.25. The van der Waals surface area contributed by atoms with E-state index in [0.29, 0.717) is 18.0 Å². The highest BCUT2D eigenvalue weighted by atomic mass is 32.2. The molecule has 0 fully saturated rings. The van der Waals surface area contributed by atoms with Gasteiger partial charge in [-0.15, -0.1) is 11.3 Å². The first-order valence-corrected chi connectivity index (χ1v) is 10.0. The molecule has 0 saturated carbocycles. The molecule has 0 aliphatic rings. The molecule has 1 rings (SSSR count). The predicted molar refractivity (Wildman–Crippen MR) is 90.2 cm³/mol. The van der Waals surface area contributed by atoms with E-state index >= 15 is 0 Å². The molecule has 0 aliphatic heterocycles. The van der Waals surface area contributed by atoms with Crippen molar-refractivity contribution in [2.45, 2.75) is 57.4 Å². The van der Waals surface area contributed by atoms with Crippen molar-refractivity contribution in [3.05, 3.63) is 16.3 Å². The molecule has 2 N–H and O–H groups in total.